The van der Waals surface area contributed by atoms with Crippen LogP contribution >= 0.6 is 0 Å². The van der Waals surface area contributed by atoms with Gasteiger partial charge < -0.3 is 10.5 Å². The lowest BCUT2D eigenvalue weighted by Crippen LogP contribution is -2.23. The molecule has 0 bridgehead atoms. The first-order valence-electron chi connectivity index (χ1n) is 4.68. The number of ether oxygens (including phenoxy) is 1. The Bertz CT molecular complexity index is 97.7. The lowest BCUT2D eigenvalue weighted by Gasteiger charge is -2.12. The van der Waals surface area contributed by atoms with Crippen LogP contribution in [0.1, 0.15) is 32.6 Å². The summed E-state index contributed by atoms with van der Waals surface area (Å²) in [7, 11) is 0. The van der Waals surface area contributed by atoms with Crippen LogP contribution in [0, 0.1) is 5.92 Å². The molecule has 2 N–H and O–H groups in total. The van der Waals surface area contributed by atoms with E-state index in [9.17, 15) is 0 Å². The minimum absolute atomic E-state index is 0.300. The predicted octanol–water partition coefficient (Wildman–Crippen LogP) is 1.54. The van der Waals surface area contributed by atoms with Crippen molar-refractivity contribution < 1.29 is 4.74 Å². The Morgan fingerprint density at radius 3 is 2.73 bits per heavy atom. The van der Waals surface area contributed by atoms with Crippen molar-refractivity contribution in [2.75, 3.05) is 13.2 Å². The molecule has 1 aliphatic carbocycles. The molecule has 0 saturated heterocycles. The molecule has 11 heavy (non-hydrogen) atoms. The second kappa shape index (κ2) is 4.73. The average molecular weight is 157 g/mol. The van der Waals surface area contributed by atoms with Gasteiger partial charge in [0.15, 0.2) is 0 Å². The van der Waals surface area contributed by atoms with Gasteiger partial charge in [0.25, 0.3) is 0 Å². The van der Waals surface area contributed by atoms with Crippen molar-refractivity contribution >= 4 is 0 Å². The van der Waals surface area contributed by atoms with Gasteiger partial charge in [-0.05, 0) is 18.8 Å². The molecule has 1 rings (SSSR count). The molecule has 1 saturated carbocycles. The summed E-state index contributed by atoms with van der Waals surface area (Å²) in [4.78, 5) is 0. The molecule has 0 aromatic carbocycles. The van der Waals surface area contributed by atoms with Crippen LogP contribution in [0.25, 0.3) is 0 Å². The maximum atomic E-state index is 5.57. The second-order valence-electron chi connectivity index (χ2n) is 3.37. The quantitative estimate of drug-likeness (QED) is 0.634. The summed E-state index contributed by atoms with van der Waals surface area (Å²) in [6.07, 6.45) is 5.43. The molecule has 1 atom stereocenters. The van der Waals surface area contributed by atoms with Crippen molar-refractivity contribution in [2.45, 2.75) is 38.7 Å². The zero-order chi connectivity index (χ0) is 8.10. The van der Waals surface area contributed by atoms with E-state index in [4.69, 9.17) is 10.5 Å². The summed E-state index contributed by atoms with van der Waals surface area (Å²) < 4.78 is 5.57. The highest BCUT2D eigenvalue weighted by atomic mass is 16.5. The van der Waals surface area contributed by atoms with Gasteiger partial charge in [-0.1, -0.05) is 19.8 Å². The minimum Gasteiger partial charge on any atom is -0.377 e. The molecule has 2 nitrogen and oxygen atoms in total. The van der Waals surface area contributed by atoms with Crippen molar-refractivity contribution in [3.8, 4) is 0 Å². The lowest BCUT2D eigenvalue weighted by atomic mass is 10.2. The third kappa shape index (κ3) is 3.73. The molecule has 1 fully saturated rings. The van der Waals surface area contributed by atoms with Gasteiger partial charge in [-0.25, -0.2) is 0 Å². The van der Waals surface area contributed by atoms with Crippen molar-refractivity contribution in [2.24, 2.45) is 11.7 Å². The largest absolute Gasteiger partial charge is 0.377 e. The van der Waals surface area contributed by atoms with Gasteiger partial charge in [-0.15, -0.1) is 0 Å². The third-order valence-corrected chi connectivity index (χ3v) is 2.29. The maximum absolute atomic E-state index is 5.57. The molecule has 2 heteroatoms. The van der Waals surface area contributed by atoms with Crippen molar-refractivity contribution in [3.63, 3.8) is 0 Å². The van der Waals surface area contributed by atoms with Crippen molar-refractivity contribution in [3.05, 3.63) is 0 Å². The van der Waals surface area contributed by atoms with Crippen molar-refractivity contribution in [1.29, 1.82) is 0 Å². The van der Waals surface area contributed by atoms with Crippen molar-refractivity contribution in [1.82, 2.24) is 0 Å². The van der Waals surface area contributed by atoms with Gasteiger partial charge in [-0.3, -0.25) is 0 Å². The number of hydrogen-bond donors (Lipinski definition) is 1. The van der Waals surface area contributed by atoms with Crippen LogP contribution < -0.4 is 5.73 Å². The smallest absolute Gasteiger partial charge is 0.0694 e. The van der Waals surface area contributed by atoms with Crippen LogP contribution in [-0.4, -0.2) is 19.3 Å². The highest BCUT2D eigenvalue weighted by molar-refractivity contribution is 4.72. The monoisotopic (exact) mass is 157 g/mol. The fourth-order valence-corrected chi connectivity index (χ4v) is 1.16. The Hall–Kier alpha value is -0.0800. The predicted molar refractivity (Wildman–Crippen MR) is 46.4 cm³/mol. The van der Waals surface area contributed by atoms with Gasteiger partial charge in [-0.2, -0.15) is 0 Å². The summed E-state index contributed by atoms with van der Waals surface area (Å²) >= 11 is 0. The van der Waals surface area contributed by atoms with E-state index < -0.39 is 0 Å². The number of hydrogen-bond acceptors (Lipinski definition) is 2. The molecule has 0 aliphatic heterocycles. The van der Waals surface area contributed by atoms with Gasteiger partial charge in [0.2, 0.25) is 0 Å². The maximum Gasteiger partial charge on any atom is 0.0694 e. The molecule has 0 aromatic heterocycles. The summed E-state index contributed by atoms with van der Waals surface area (Å²) in [6.45, 7) is 3.70. The first-order valence-corrected chi connectivity index (χ1v) is 4.68. The Balaban J connectivity index is 1.90. The minimum atomic E-state index is 0.300. The zero-order valence-electron chi connectivity index (χ0n) is 7.38. The van der Waals surface area contributed by atoms with E-state index in [1.807, 2.05) is 0 Å². The molecule has 0 amide bonds. The standard InChI is InChI=1S/C9H19NO/c1-2-9(7-10)11-6-5-8-3-4-8/h8-9H,2-7,10H2,1H3. The first kappa shape index (κ1) is 9.01. The van der Waals surface area contributed by atoms with E-state index >= 15 is 0 Å². The summed E-state index contributed by atoms with van der Waals surface area (Å²) in [6, 6.07) is 0. The van der Waals surface area contributed by atoms with Crippen LogP contribution in [0.5, 0.6) is 0 Å². The van der Waals surface area contributed by atoms with Crippen LogP contribution in [0.4, 0.5) is 0 Å². The molecule has 1 aliphatic rings. The van der Waals surface area contributed by atoms with Gasteiger partial charge in [0, 0.05) is 13.2 Å². The Morgan fingerprint density at radius 1 is 1.55 bits per heavy atom. The molecular weight excluding hydrogens is 138 g/mol. The normalized spacial score (nSPS) is 20.2. The Kier molecular flexibility index (Phi) is 3.87. The highest BCUT2D eigenvalue weighted by Gasteiger charge is 2.20. The topological polar surface area (TPSA) is 35.2 Å². The van der Waals surface area contributed by atoms with Gasteiger partial charge in [0.05, 0.1) is 6.10 Å². The number of nitrogens with two attached hydrogens (primary N) is 1. The van der Waals surface area contributed by atoms with E-state index in [0.29, 0.717) is 12.6 Å². The summed E-state index contributed by atoms with van der Waals surface area (Å²) in [5.74, 6) is 0.977. The van der Waals surface area contributed by atoms with Gasteiger partial charge in [0.1, 0.15) is 0 Å². The third-order valence-electron chi connectivity index (χ3n) is 2.29. The molecule has 66 valence electrons. The van der Waals surface area contributed by atoms with Crippen LogP contribution in [0.3, 0.4) is 0 Å². The SMILES string of the molecule is CCC(CN)OCCC1CC1. The fourth-order valence-electron chi connectivity index (χ4n) is 1.16. The van der Waals surface area contributed by atoms with Crippen LogP contribution in [0.15, 0.2) is 0 Å². The van der Waals surface area contributed by atoms with Crippen LogP contribution in [0.2, 0.25) is 0 Å². The number of rotatable bonds is 6. The molecule has 0 heterocycles. The second-order valence-corrected chi connectivity index (χ2v) is 3.37. The Morgan fingerprint density at radius 2 is 2.27 bits per heavy atom. The molecule has 0 radical (unpaired) electrons. The van der Waals surface area contributed by atoms with E-state index in [1.165, 1.54) is 19.3 Å². The van der Waals surface area contributed by atoms with E-state index in [1.54, 1.807) is 0 Å². The summed E-state index contributed by atoms with van der Waals surface area (Å²) in [5.41, 5.74) is 5.49. The highest BCUT2D eigenvalue weighted by Crippen LogP contribution is 2.32. The van der Waals surface area contributed by atoms with E-state index in [2.05, 4.69) is 6.92 Å². The molecule has 0 spiro atoms. The summed E-state index contributed by atoms with van der Waals surface area (Å²) in [5, 5.41) is 0. The average Bonchev–Trinajstić information content (AvgIpc) is 2.82. The molecule has 1 unspecified atom stereocenters. The molecular formula is C9H19NO. The van der Waals surface area contributed by atoms with E-state index in [0.717, 1.165) is 18.9 Å². The Labute approximate surface area is 69.1 Å². The van der Waals surface area contributed by atoms with Crippen LogP contribution in [-0.2, 0) is 4.74 Å². The fraction of sp³-hybridized carbons (Fsp3) is 1.00. The zero-order valence-corrected chi connectivity index (χ0v) is 7.38. The van der Waals surface area contributed by atoms with Gasteiger partial charge >= 0.3 is 0 Å². The van der Waals surface area contributed by atoms with E-state index in [-0.39, 0.29) is 0 Å². The molecule has 0 aromatic rings. The first-order chi connectivity index (χ1) is 5.36. The lowest BCUT2D eigenvalue weighted by molar-refractivity contribution is 0.0527.